The van der Waals surface area contributed by atoms with Crippen molar-refractivity contribution < 1.29 is 9.24 Å². The van der Waals surface area contributed by atoms with Crippen molar-refractivity contribution in [2.45, 2.75) is 0 Å². The van der Waals surface area contributed by atoms with E-state index in [0.717, 1.165) is 6.07 Å². The van der Waals surface area contributed by atoms with Gasteiger partial charge in [-0.1, -0.05) is 6.07 Å². The smallest absolute Gasteiger partial charge is 0.305 e. The molecule has 2 rings (SSSR count). The molecular formula is C7H5FN4O. The lowest BCUT2D eigenvalue weighted by atomic mass is 10.3. The maximum Gasteiger partial charge on any atom is 0.305 e. The topological polar surface area (TPSA) is 78.7 Å². The summed E-state index contributed by atoms with van der Waals surface area (Å²) in [6.07, 6.45) is 0. The lowest BCUT2D eigenvalue weighted by Crippen LogP contribution is -2.34. The molecule has 2 N–H and O–H groups in total. The van der Waals surface area contributed by atoms with E-state index in [2.05, 4.69) is 10.1 Å². The second-order valence-corrected chi connectivity index (χ2v) is 2.45. The normalized spacial score (nSPS) is 10.5. The van der Waals surface area contributed by atoms with Crippen molar-refractivity contribution in [1.82, 2.24) is 10.1 Å². The van der Waals surface area contributed by atoms with Gasteiger partial charge in [-0.05, 0) is 17.0 Å². The van der Waals surface area contributed by atoms with Crippen molar-refractivity contribution >= 4 is 17.0 Å². The van der Waals surface area contributed by atoms with Crippen LogP contribution < -0.4 is 10.6 Å². The summed E-state index contributed by atoms with van der Waals surface area (Å²) < 4.78 is 13.0. The zero-order valence-electron chi connectivity index (χ0n) is 6.44. The van der Waals surface area contributed by atoms with E-state index >= 15 is 0 Å². The Morgan fingerprint density at radius 3 is 3.00 bits per heavy atom. The Morgan fingerprint density at radius 1 is 1.46 bits per heavy atom. The van der Waals surface area contributed by atoms with E-state index in [0.29, 0.717) is 0 Å². The fourth-order valence-electron chi connectivity index (χ4n) is 1.07. The number of anilines is 1. The zero-order chi connectivity index (χ0) is 9.42. The number of nitrogens with zero attached hydrogens (tertiary/aromatic N) is 3. The maximum atomic E-state index is 13.0. The molecule has 0 atom stereocenters. The summed E-state index contributed by atoms with van der Waals surface area (Å²) in [4.78, 5) is 3.84. The molecule has 0 bridgehead atoms. The highest BCUT2D eigenvalue weighted by Crippen LogP contribution is 2.10. The molecule has 6 heteroatoms. The summed E-state index contributed by atoms with van der Waals surface area (Å²) in [5.41, 5.74) is 5.21. The molecule has 0 amide bonds. The molecule has 0 aliphatic rings. The molecule has 1 aromatic heterocycles. The third-order valence-electron chi connectivity index (χ3n) is 1.59. The number of halogens is 1. The predicted molar refractivity (Wildman–Crippen MR) is 42.9 cm³/mol. The van der Waals surface area contributed by atoms with Crippen LogP contribution in [0, 0.1) is 11.0 Å². The molecule has 0 saturated carbocycles. The average Bonchev–Trinajstić information content (AvgIpc) is 2.02. The molecule has 0 spiro atoms. The molecule has 2 aromatic rings. The van der Waals surface area contributed by atoms with Crippen LogP contribution in [0.25, 0.3) is 11.0 Å². The zero-order valence-corrected chi connectivity index (χ0v) is 6.44. The van der Waals surface area contributed by atoms with E-state index in [-0.39, 0.29) is 21.8 Å². The minimum absolute atomic E-state index is 0.132. The van der Waals surface area contributed by atoms with Crippen LogP contribution in [0.5, 0.6) is 0 Å². The van der Waals surface area contributed by atoms with Gasteiger partial charge in [-0.25, -0.2) is 4.98 Å². The monoisotopic (exact) mass is 180 g/mol. The highest BCUT2D eigenvalue weighted by molar-refractivity contribution is 5.71. The molecule has 5 nitrogen and oxygen atoms in total. The van der Waals surface area contributed by atoms with Gasteiger partial charge in [0.1, 0.15) is 5.52 Å². The van der Waals surface area contributed by atoms with Crippen LogP contribution in [0.15, 0.2) is 18.2 Å². The Hall–Kier alpha value is -1.98. The van der Waals surface area contributed by atoms with Gasteiger partial charge in [-0.15, -0.1) is 0 Å². The first kappa shape index (κ1) is 7.66. The van der Waals surface area contributed by atoms with Crippen molar-refractivity contribution in [1.29, 1.82) is 0 Å². The van der Waals surface area contributed by atoms with Crippen molar-refractivity contribution in [3.63, 3.8) is 0 Å². The molecule has 66 valence electrons. The molecule has 0 radical (unpaired) electrons. The number of fused-ring (bicyclic) bond motifs is 1. The first-order valence-electron chi connectivity index (χ1n) is 3.50. The Labute approximate surface area is 72.2 Å². The molecule has 0 unspecified atom stereocenters. The van der Waals surface area contributed by atoms with E-state index in [9.17, 15) is 9.60 Å². The lowest BCUT2D eigenvalue weighted by molar-refractivity contribution is -0.642. The molecule has 1 aromatic carbocycles. The highest BCUT2D eigenvalue weighted by atomic mass is 19.1. The second-order valence-electron chi connectivity index (χ2n) is 2.45. The van der Waals surface area contributed by atoms with E-state index in [1.165, 1.54) is 12.1 Å². The molecular weight excluding hydrogens is 175 g/mol. The Kier molecular flexibility index (Phi) is 1.48. The summed E-state index contributed by atoms with van der Waals surface area (Å²) in [5, 5.41) is 14.3. The SMILES string of the molecule is Nc1nc2cccc(F)c2[n+]([O-])n1. The summed E-state index contributed by atoms with van der Waals surface area (Å²) in [6, 6.07) is 4.10. The number of benzene rings is 1. The van der Waals surface area contributed by atoms with Crippen LogP contribution >= 0.6 is 0 Å². The molecule has 0 aliphatic carbocycles. The minimum Gasteiger partial charge on any atom is -0.594 e. The second kappa shape index (κ2) is 2.51. The van der Waals surface area contributed by atoms with Crippen molar-refractivity contribution in [3.8, 4) is 0 Å². The summed E-state index contributed by atoms with van der Waals surface area (Å²) >= 11 is 0. The number of aromatic nitrogens is 3. The van der Waals surface area contributed by atoms with Crippen molar-refractivity contribution in [2.75, 3.05) is 5.73 Å². The quantitative estimate of drug-likeness (QED) is 0.456. The van der Waals surface area contributed by atoms with Crippen LogP contribution in [0.1, 0.15) is 0 Å². The molecule has 0 saturated heterocycles. The average molecular weight is 180 g/mol. The first-order chi connectivity index (χ1) is 6.18. The van der Waals surface area contributed by atoms with Gasteiger partial charge < -0.3 is 10.9 Å². The lowest BCUT2D eigenvalue weighted by Gasteiger charge is -1.98. The fraction of sp³-hybridized carbons (Fsp3) is 0. The molecule has 13 heavy (non-hydrogen) atoms. The molecule has 0 fully saturated rings. The largest absolute Gasteiger partial charge is 0.594 e. The maximum absolute atomic E-state index is 13.0. The number of nitrogen functional groups attached to an aromatic ring is 1. The summed E-state index contributed by atoms with van der Waals surface area (Å²) in [7, 11) is 0. The van der Waals surface area contributed by atoms with Crippen LogP contribution in [0.4, 0.5) is 10.3 Å². The van der Waals surface area contributed by atoms with Crippen LogP contribution in [0.2, 0.25) is 0 Å². The Morgan fingerprint density at radius 2 is 2.23 bits per heavy atom. The van der Waals surface area contributed by atoms with Crippen molar-refractivity contribution in [2.24, 2.45) is 0 Å². The summed E-state index contributed by atoms with van der Waals surface area (Å²) in [6.45, 7) is 0. The summed E-state index contributed by atoms with van der Waals surface area (Å²) in [5.74, 6) is -0.833. The number of para-hydroxylation sites is 1. The number of hydrogen-bond acceptors (Lipinski definition) is 4. The van der Waals surface area contributed by atoms with Gasteiger partial charge in [0.05, 0.1) is 5.10 Å². The van der Waals surface area contributed by atoms with Gasteiger partial charge in [0.15, 0.2) is 0 Å². The predicted octanol–water partition coefficient (Wildman–Crippen LogP) is -0.0155. The van der Waals surface area contributed by atoms with Gasteiger partial charge in [-0.2, -0.15) is 4.39 Å². The Bertz CT molecular complexity index is 473. The molecule has 1 heterocycles. The fourth-order valence-corrected chi connectivity index (χ4v) is 1.07. The Balaban J connectivity index is 2.94. The third kappa shape index (κ3) is 1.12. The van der Waals surface area contributed by atoms with Gasteiger partial charge >= 0.3 is 5.52 Å². The van der Waals surface area contributed by atoms with Gasteiger partial charge in [0.2, 0.25) is 5.82 Å². The van der Waals surface area contributed by atoms with Gasteiger partial charge in [0.25, 0.3) is 5.95 Å². The van der Waals surface area contributed by atoms with E-state index in [1.807, 2.05) is 0 Å². The third-order valence-corrected chi connectivity index (χ3v) is 1.59. The first-order valence-corrected chi connectivity index (χ1v) is 3.50. The van der Waals surface area contributed by atoms with E-state index < -0.39 is 5.82 Å². The van der Waals surface area contributed by atoms with Crippen molar-refractivity contribution in [3.05, 3.63) is 29.2 Å². The van der Waals surface area contributed by atoms with E-state index in [1.54, 1.807) is 0 Å². The highest BCUT2D eigenvalue weighted by Gasteiger charge is 2.13. The van der Waals surface area contributed by atoms with E-state index in [4.69, 9.17) is 5.73 Å². The van der Waals surface area contributed by atoms with Gasteiger partial charge in [-0.3, -0.25) is 0 Å². The minimum atomic E-state index is -0.660. The van der Waals surface area contributed by atoms with Gasteiger partial charge in [0, 0.05) is 0 Å². The van der Waals surface area contributed by atoms with Crippen LogP contribution in [0.3, 0.4) is 0 Å². The van der Waals surface area contributed by atoms with Crippen LogP contribution in [-0.4, -0.2) is 10.1 Å². The number of hydrogen-bond donors (Lipinski definition) is 1. The van der Waals surface area contributed by atoms with Crippen LogP contribution in [-0.2, 0) is 0 Å². The standard InChI is InChI=1S/C7H5FN4O/c8-4-2-1-3-5-6(4)12(13)11-7(9)10-5/h1-3H,(H2,9,10,11). The number of nitrogens with two attached hydrogens (primary N) is 1. The number of rotatable bonds is 0. The molecule has 0 aliphatic heterocycles.